The van der Waals surface area contributed by atoms with E-state index in [4.69, 9.17) is 9.47 Å². The Kier molecular flexibility index (Phi) is 15.0. The highest BCUT2D eigenvalue weighted by Crippen LogP contribution is 2.01. The van der Waals surface area contributed by atoms with Crippen molar-refractivity contribution in [2.24, 2.45) is 0 Å². The molecule has 0 aliphatic rings. The van der Waals surface area contributed by atoms with Crippen molar-refractivity contribution in [1.82, 2.24) is 10.6 Å². The summed E-state index contributed by atoms with van der Waals surface area (Å²) in [4.78, 5) is 67.1. The van der Waals surface area contributed by atoms with Crippen molar-refractivity contribution in [2.75, 3.05) is 40.5 Å². The van der Waals surface area contributed by atoms with E-state index < -0.39 is 36.5 Å². The number of hydrogen-bond donors (Lipinski definition) is 2. The molecule has 0 atom stereocenters. The Labute approximate surface area is 173 Å². The lowest BCUT2D eigenvalue weighted by atomic mass is 10.2. The average Bonchev–Trinajstić information content (AvgIpc) is 2.75. The van der Waals surface area contributed by atoms with E-state index in [-0.39, 0.29) is 38.4 Å². The molecule has 0 rings (SSSR count). The van der Waals surface area contributed by atoms with Crippen molar-refractivity contribution in [3.8, 4) is 0 Å². The van der Waals surface area contributed by atoms with E-state index in [1.807, 2.05) is 0 Å². The van der Waals surface area contributed by atoms with Crippen molar-refractivity contribution < 1.29 is 47.7 Å². The highest BCUT2D eigenvalue weighted by molar-refractivity contribution is 6.34. The van der Waals surface area contributed by atoms with E-state index in [9.17, 15) is 28.8 Å². The van der Waals surface area contributed by atoms with Crippen LogP contribution in [0.1, 0.15) is 38.5 Å². The third kappa shape index (κ3) is 14.8. The van der Waals surface area contributed by atoms with E-state index in [1.54, 1.807) is 0 Å². The first-order chi connectivity index (χ1) is 14.3. The molecular formula is C18H28N2O10. The van der Waals surface area contributed by atoms with Crippen LogP contribution in [0.15, 0.2) is 0 Å². The first-order valence-electron chi connectivity index (χ1n) is 9.31. The maximum Gasteiger partial charge on any atom is 0.407 e. The van der Waals surface area contributed by atoms with Gasteiger partial charge in [-0.1, -0.05) is 0 Å². The predicted molar refractivity (Wildman–Crippen MR) is 100 cm³/mol. The van der Waals surface area contributed by atoms with Crippen molar-refractivity contribution >= 4 is 35.7 Å². The van der Waals surface area contributed by atoms with Gasteiger partial charge in [-0.25, -0.2) is 14.4 Å². The number of ether oxygens (including phenoxy) is 4. The summed E-state index contributed by atoms with van der Waals surface area (Å²) in [7, 11) is 2.29. The number of hydrogen-bond acceptors (Lipinski definition) is 10. The molecule has 170 valence electrons. The first-order valence-corrected chi connectivity index (χ1v) is 9.31. The van der Waals surface area contributed by atoms with Gasteiger partial charge in [0.05, 0.1) is 46.9 Å². The number of esters is 2. The Morgan fingerprint density at radius 1 is 0.667 bits per heavy atom. The zero-order valence-corrected chi connectivity index (χ0v) is 17.2. The molecule has 0 saturated carbocycles. The number of carbonyl (C=O) groups is 6. The fraction of sp³-hybridized carbons (Fsp3) is 0.667. The lowest BCUT2D eigenvalue weighted by Crippen LogP contribution is -2.34. The lowest BCUT2D eigenvalue weighted by molar-refractivity contribution is -0.151. The molecule has 12 nitrogen and oxygen atoms in total. The van der Waals surface area contributed by atoms with E-state index in [2.05, 4.69) is 20.1 Å². The van der Waals surface area contributed by atoms with Crippen molar-refractivity contribution in [1.29, 1.82) is 0 Å². The topological polar surface area (TPSA) is 163 Å². The van der Waals surface area contributed by atoms with Crippen LogP contribution in [0.5, 0.6) is 0 Å². The van der Waals surface area contributed by atoms with Crippen LogP contribution in [0.25, 0.3) is 0 Å². The summed E-state index contributed by atoms with van der Waals surface area (Å²) in [6.07, 6.45) is 1.000. The SMILES string of the molecule is COC(=O)CCC(=O)CNC(=O)OCCCCCCOC(=O)NCC(=O)C(=O)OC. The number of unbranched alkanes of at least 4 members (excludes halogenated alkanes) is 3. The van der Waals surface area contributed by atoms with Crippen molar-refractivity contribution in [2.45, 2.75) is 38.5 Å². The zero-order chi connectivity index (χ0) is 22.8. The number of carbonyl (C=O) groups excluding carboxylic acids is 6. The summed E-state index contributed by atoms with van der Waals surface area (Å²) < 4.78 is 18.4. The maximum atomic E-state index is 11.5. The highest BCUT2D eigenvalue weighted by Gasteiger charge is 2.15. The normalized spacial score (nSPS) is 9.80. The molecule has 12 heteroatoms. The Hall–Kier alpha value is -3.18. The van der Waals surface area contributed by atoms with Gasteiger partial charge in [0, 0.05) is 6.42 Å². The van der Waals surface area contributed by atoms with Crippen LogP contribution in [-0.4, -0.2) is 76.2 Å². The van der Waals surface area contributed by atoms with E-state index >= 15 is 0 Å². The van der Waals surface area contributed by atoms with Crippen LogP contribution in [0.4, 0.5) is 9.59 Å². The minimum Gasteiger partial charge on any atom is -0.469 e. The zero-order valence-electron chi connectivity index (χ0n) is 17.2. The smallest absolute Gasteiger partial charge is 0.407 e. The number of nitrogens with one attached hydrogen (secondary N) is 2. The molecule has 0 fully saturated rings. The summed E-state index contributed by atoms with van der Waals surface area (Å²) in [5, 5.41) is 4.43. The summed E-state index contributed by atoms with van der Waals surface area (Å²) in [6, 6.07) is 0. The minimum atomic E-state index is -1.05. The quantitative estimate of drug-likeness (QED) is 0.159. The largest absolute Gasteiger partial charge is 0.469 e. The molecule has 0 aromatic heterocycles. The molecule has 0 radical (unpaired) electrons. The first kappa shape index (κ1) is 26.8. The molecular weight excluding hydrogens is 404 g/mol. The predicted octanol–water partition coefficient (Wildman–Crippen LogP) is 0.264. The fourth-order valence-corrected chi connectivity index (χ4v) is 1.93. The van der Waals surface area contributed by atoms with Crippen molar-refractivity contribution in [3.63, 3.8) is 0 Å². The summed E-state index contributed by atoms with van der Waals surface area (Å²) in [5.41, 5.74) is 0. The van der Waals surface area contributed by atoms with Gasteiger partial charge in [-0.3, -0.25) is 14.4 Å². The molecule has 0 spiro atoms. The molecule has 0 aliphatic carbocycles. The van der Waals surface area contributed by atoms with Gasteiger partial charge in [-0.05, 0) is 25.7 Å². The summed E-state index contributed by atoms with van der Waals surface area (Å²) >= 11 is 0. The third-order valence-corrected chi connectivity index (χ3v) is 3.58. The van der Waals surface area contributed by atoms with Crippen molar-refractivity contribution in [3.05, 3.63) is 0 Å². The van der Waals surface area contributed by atoms with Gasteiger partial charge in [0.25, 0.3) is 5.78 Å². The number of methoxy groups -OCH3 is 2. The van der Waals surface area contributed by atoms with E-state index in [1.165, 1.54) is 7.11 Å². The van der Waals surface area contributed by atoms with Crippen LogP contribution in [-0.2, 0) is 38.1 Å². The highest BCUT2D eigenvalue weighted by atomic mass is 16.6. The van der Waals surface area contributed by atoms with Gasteiger partial charge in [-0.15, -0.1) is 0 Å². The molecule has 0 unspecified atom stereocenters. The second-order valence-electron chi connectivity index (χ2n) is 5.92. The molecule has 2 N–H and O–H groups in total. The van der Waals surface area contributed by atoms with E-state index in [0.29, 0.717) is 19.3 Å². The van der Waals surface area contributed by atoms with E-state index in [0.717, 1.165) is 13.5 Å². The summed E-state index contributed by atoms with van der Waals surface area (Å²) in [6.45, 7) is -0.422. The maximum absolute atomic E-state index is 11.5. The second kappa shape index (κ2) is 16.7. The van der Waals surface area contributed by atoms with Crippen LogP contribution >= 0.6 is 0 Å². The molecule has 0 heterocycles. The fourth-order valence-electron chi connectivity index (χ4n) is 1.93. The van der Waals surface area contributed by atoms with Gasteiger partial charge in [0.2, 0.25) is 0 Å². The van der Waals surface area contributed by atoms with Crippen LogP contribution < -0.4 is 10.6 Å². The van der Waals surface area contributed by atoms with Gasteiger partial charge in [-0.2, -0.15) is 0 Å². The lowest BCUT2D eigenvalue weighted by Gasteiger charge is -2.07. The van der Waals surface area contributed by atoms with Crippen LogP contribution in [0.2, 0.25) is 0 Å². The number of alkyl carbamates (subject to hydrolysis) is 2. The number of rotatable bonds is 15. The summed E-state index contributed by atoms with van der Waals surface area (Å²) in [5.74, 6) is -2.73. The molecule has 30 heavy (non-hydrogen) atoms. The van der Waals surface area contributed by atoms with Crippen LogP contribution in [0, 0.1) is 0 Å². The number of amides is 2. The molecule has 0 aromatic rings. The Balaban J connectivity index is 3.56. The molecule has 0 saturated heterocycles. The third-order valence-electron chi connectivity index (χ3n) is 3.58. The van der Waals surface area contributed by atoms with Gasteiger partial charge in [0.1, 0.15) is 0 Å². The Bertz CT molecular complexity index is 606. The number of ketones is 2. The number of Topliss-reactive ketones (excluding diaryl/α,β-unsaturated/α-hetero) is 2. The standard InChI is InChI=1S/C18H28N2O10/c1-27-15(23)8-7-13(21)11-19-17(25)29-9-5-3-4-6-10-30-18(26)20-12-14(22)16(24)28-2/h3-12H2,1-2H3,(H,19,25)(H,20,26). The van der Waals surface area contributed by atoms with Gasteiger partial charge < -0.3 is 29.6 Å². The average molecular weight is 432 g/mol. The van der Waals surface area contributed by atoms with Crippen LogP contribution in [0.3, 0.4) is 0 Å². The monoisotopic (exact) mass is 432 g/mol. The van der Waals surface area contributed by atoms with Gasteiger partial charge >= 0.3 is 24.1 Å². The van der Waals surface area contributed by atoms with Gasteiger partial charge in [0.15, 0.2) is 5.78 Å². The molecule has 0 aliphatic heterocycles. The molecule has 2 amide bonds. The Morgan fingerprint density at radius 2 is 1.20 bits per heavy atom. The molecule has 0 bridgehead atoms. The second-order valence-corrected chi connectivity index (χ2v) is 5.92. The minimum absolute atomic E-state index is 0.0192. The Morgan fingerprint density at radius 3 is 1.70 bits per heavy atom. The molecule has 0 aromatic carbocycles.